The third kappa shape index (κ3) is 2.16. The smallest absolute Gasteiger partial charge is 0.164 e. The fourth-order valence-electron chi connectivity index (χ4n) is 2.82. The van der Waals surface area contributed by atoms with Crippen molar-refractivity contribution in [1.29, 1.82) is 0 Å². The Morgan fingerprint density at radius 1 is 1.26 bits per heavy atom. The second kappa shape index (κ2) is 4.97. The van der Waals surface area contributed by atoms with Crippen LogP contribution in [0.25, 0.3) is 5.69 Å². The molecule has 1 aliphatic rings. The molecule has 0 aliphatic heterocycles. The molecule has 1 aromatic carbocycles. The fraction of sp³-hybridized carbons (Fsp3) is 0.312. The highest BCUT2D eigenvalue weighted by Crippen LogP contribution is 2.28. The van der Waals surface area contributed by atoms with Gasteiger partial charge in [0.05, 0.1) is 0 Å². The summed E-state index contributed by atoms with van der Waals surface area (Å²) in [6, 6.07) is 8.32. The van der Waals surface area contributed by atoms with E-state index in [0.717, 1.165) is 29.3 Å². The lowest BCUT2D eigenvalue weighted by Crippen LogP contribution is -2.13. The van der Waals surface area contributed by atoms with Crippen LogP contribution in [0.15, 0.2) is 34.9 Å². The van der Waals surface area contributed by atoms with Crippen LogP contribution in [0, 0.1) is 0 Å². The summed E-state index contributed by atoms with van der Waals surface area (Å²) in [5, 5.41) is 0. The van der Waals surface area contributed by atoms with Gasteiger partial charge in [-0.3, -0.25) is 4.79 Å². The number of fused-ring (bicyclic) bond motifs is 1. The number of nitrogens with zero attached hydrogens (tertiary/aromatic N) is 1. The zero-order valence-electron chi connectivity index (χ0n) is 10.9. The summed E-state index contributed by atoms with van der Waals surface area (Å²) in [5.41, 5.74) is 4.58. The van der Waals surface area contributed by atoms with E-state index in [1.165, 1.54) is 16.9 Å². The van der Waals surface area contributed by atoms with E-state index in [1.807, 2.05) is 12.3 Å². The van der Waals surface area contributed by atoms with Gasteiger partial charge in [-0.15, -0.1) is 0 Å². The number of benzene rings is 1. The molecular weight excluding hydrogens is 302 g/mol. The monoisotopic (exact) mass is 317 g/mol. The lowest BCUT2D eigenvalue weighted by molar-refractivity contribution is 0.0972. The van der Waals surface area contributed by atoms with Crippen molar-refractivity contribution < 1.29 is 4.79 Å². The molecule has 0 saturated heterocycles. The van der Waals surface area contributed by atoms with Gasteiger partial charge in [-0.1, -0.05) is 22.9 Å². The van der Waals surface area contributed by atoms with E-state index in [-0.39, 0.29) is 5.78 Å². The second-order valence-electron chi connectivity index (χ2n) is 4.95. The number of halogens is 1. The summed E-state index contributed by atoms with van der Waals surface area (Å²) < 4.78 is 3.29. The Kier molecular flexibility index (Phi) is 3.31. The molecule has 0 N–H and O–H groups in total. The molecule has 0 amide bonds. The Bertz CT molecular complexity index is 642. The van der Waals surface area contributed by atoms with Crippen molar-refractivity contribution in [1.82, 2.24) is 4.57 Å². The van der Waals surface area contributed by atoms with Crippen molar-refractivity contribution >= 4 is 21.7 Å². The van der Waals surface area contributed by atoms with Crippen LogP contribution in [-0.2, 0) is 12.8 Å². The molecule has 0 fully saturated rings. The third-order valence-electron chi connectivity index (χ3n) is 3.79. The number of Topliss-reactive ketones (excluding diaryl/α,β-unsaturated/α-hetero) is 1. The minimum absolute atomic E-state index is 0.287. The average Bonchev–Trinajstić information content (AvgIpc) is 2.84. The highest BCUT2D eigenvalue weighted by molar-refractivity contribution is 9.10. The van der Waals surface area contributed by atoms with Gasteiger partial charge in [-0.05, 0) is 49.1 Å². The maximum atomic E-state index is 11.9. The Morgan fingerprint density at radius 3 is 2.89 bits per heavy atom. The van der Waals surface area contributed by atoms with Crippen LogP contribution >= 0.6 is 15.9 Å². The van der Waals surface area contributed by atoms with Crippen LogP contribution in [0.2, 0.25) is 0 Å². The lowest BCUT2D eigenvalue weighted by atomic mass is 9.96. The van der Waals surface area contributed by atoms with E-state index in [1.54, 1.807) is 0 Å². The van der Waals surface area contributed by atoms with Crippen LogP contribution < -0.4 is 0 Å². The topological polar surface area (TPSA) is 22.0 Å². The van der Waals surface area contributed by atoms with Gasteiger partial charge in [0.2, 0.25) is 0 Å². The van der Waals surface area contributed by atoms with Crippen LogP contribution in [0.4, 0.5) is 0 Å². The maximum absolute atomic E-state index is 11.9. The zero-order valence-corrected chi connectivity index (χ0v) is 12.5. The van der Waals surface area contributed by atoms with E-state index in [9.17, 15) is 4.79 Å². The number of ketones is 1. The summed E-state index contributed by atoms with van der Waals surface area (Å²) in [4.78, 5) is 11.9. The Labute approximate surface area is 121 Å². The number of hydrogen-bond acceptors (Lipinski definition) is 1. The van der Waals surface area contributed by atoms with Crippen LogP contribution in [0.1, 0.15) is 41.4 Å². The van der Waals surface area contributed by atoms with Gasteiger partial charge in [0.25, 0.3) is 0 Å². The highest BCUT2D eigenvalue weighted by Gasteiger charge is 2.21. The first kappa shape index (κ1) is 12.7. The summed E-state index contributed by atoms with van der Waals surface area (Å²) >= 11 is 3.52. The van der Waals surface area contributed by atoms with Crippen LogP contribution in [-0.4, -0.2) is 10.4 Å². The normalized spacial score (nSPS) is 14.5. The first-order valence-electron chi connectivity index (χ1n) is 6.73. The largest absolute Gasteiger partial charge is 0.320 e. The average molecular weight is 318 g/mol. The molecule has 1 heterocycles. The summed E-state index contributed by atoms with van der Waals surface area (Å²) in [6.07, 6.45) is 5.67. The van der Waals surface area contributed by atoms with Crippen LogP contribution in [0.5, 0.6) is 0 Å². The van der Waals surface area contributed by atoms with Gasteiger partial charge < -0.3 is 4.57 Å². The minimum atomic E-state index is 0.287. The number of hydrogen-bond donors (Lipinski definition) is 0. The second-order valence-corrected chi connectivity index (χ2v) is 5.87. The molecule has 0 atom stereocenters. The van der Waals surface area contributed by atoms with Gasteiger partial charge >= 0.3 is 0 Å². The molecule has 0 unspecified atom stereocenters. The van der Waals surface area contributed by atoms with E-state index in [4.69, 9.17) is 0 Å². The molecule has 3 rings (SSSR count). The van der Waals surface area contributed by atoms with Crippen molar-refractivity contribution in [2.45, 2.75) is 32.6 Å². The number of carbonyl (C=O) groups excluding carboxylic acids is 1. The molecule has 1 aliphatic carbocycles. The van der Waals surface area contributed by atoms with E-state index < -0.39 is 0 Å². The van der Waals surface area contributed by atoms with Gasteiger partial charge in [0.1, 0.15) is 0 Å². The SMILES string of the molecule is CCc1cc(Br)ccc1-n1ccc2c1CCCC2=O. The van der Waals surface area contributed by atoms with Crippen molar-refractivity contribution in [3.05, 3.63) is 51.8 Å². The molecule has 3 heteroatoms. The minimum Gasteiger partial charge on any atom is -0.320 e. The van der Waals surface area contributed by atoms with E-state index in [2.05, 4.69) is 45.6 Å². The quantitative estimate of drug-likeness (QED) is 0.808. The predicted octanol–water partition coefficient (Wildman–Crippen LogP) is 4.32. The standard InChI is InChI=1S/C16H16BrNO/c1-2-11-10-12(17)6-7-14(11)18-9-8-13-15(18)4-3-5-16(13)19/h6-10H,2-5H2,1H3. The van der Waals surface area contributed by atoms with Crippen molar-refractivity contribution in [2.75, 3.05) is 0 Å². The molecule has 2 nitrogen and oxygen atoms in total. The number of aryl methyl sites for hydroxylation is 1. The zero-order chi connectivity index (χ0) is 13.4. The number of aromatic nitrogens is 1. The van der Waals surface area contributed by atoms with Crippen molar-refractivity contribution in [2.24, 2.45) is 0 Å². The molecule has 0 saturated carbocycles. The third-order valence-corrected chi connectivity index (χ3v) is 4.29. The number of carbonyl (C=O) groups is 1. The molecule has 0 radical (unpaired) electrons. The fourth-order valence-corrected chi connectivity index (χ4v) is 3.23. The Hall–Kier alpha value is -1.35. The molecule has 2 aromatic rings. The van der Waals surface area contributed by atoms with Crippen LogP contribution in [0.3, 0.4) is 0 Å². The Balaban J connectivity index is 2.15. The van der Waals surface area contributed by atoms with E-state index in [0.29, 0.717) is 6.42 Å². The highest BCUT2D eigenvalue weighted by atomic mass is 79.9. The predicted molar refractivity (Wildman–Crippen MR) is 80.1 cm³/mol. The van der Waals surface area contributed by atoms with Gasteiger partial charge in [-0.25, -0.2) is 0 Å². The van der Waals surface area contributed by atoms with Gasteiger partial charge in [-0.2, -0.15) is 0 Å². The molecular formula is C16H16BrNO. The molecule has 0 spiro atoms. The first-order chi connectivity index (χ1) is 9.20. The maximum Gasteiger partial charge on any atom is 0.164 e. The van der Waals surface area contributed by atoms with Crippen molar-refractivity contribution in [3.8, 4) is 5.69 Å². The molecule has 98 valence electrons. The molecule has 1 aromatic heterocycles. The Morgan fingerprint density at radius 2 is 2.11 bits per heavy atom. The summed E-state index contributed by atoms with van der Waals surface area (Å²) in [6.45, 7) is 2.16. The van der Waals surface area contributed by atoms with E-state index >= 15 is 0 Å². The first-order valence-corrected chi connectivity index (χ1v) is 7.52. The lowest BCUT2D eigenvalue weighted by Gasteiger charge is -2.17. The van der Waals surface area contributed by atoms with Gasteiger partial charge in [0, 0.05) is 34.0 Å². The molecule has 0 bridgehead atoms. The molecule has 19 heavy (non-hydrogen) atoms. The summed E-state index contributed by atoms with van der Waals surface area (Å²) in [5.74, 6) is 0.287. The van der Waals surface area contributed by atoms with Gasteiger partial charge in [0.15, 0.2) is 5.78 Å². The summed E-state index contributed by atoms with van der Waals surface area (Å²) in [7, 11) is 0. The van der Waals surface area contributed by atoms with Crippen molar-refractivity contribution in [3.63, 3.8) is 0 Å². The number of rotatable bonds is 2.